The van der Waals surface area contributed by atoms with Gasteiger partial charge < -0.3 is 20.1 Å². The summed E-state index contributed by atoms with van der Waals surface area (Å²) in [6, 6.07) is 11.9. The first kappa shape index (κ1) is 22.1. The van der Waals surface area contributed by atoms with Crippen LogP contribution in [0.5, 0.6) is 11.5 Å². The summed E-state index contributed by atoms with van der Waals surface area (Å²) in [5.41, 5.74) is 2.27. The molecule has 8 nitrogen and oxygen atoms in total. The summed E-state index contributed by atoms with van der Waals surface area (Å²) >= 11 is 0. The van der Waals surface area contributed by atoms with Crippen LogP contribution >= 0.6 is 0 Å². The molecule has 0 radical (unpaired) electrons. The summed E-state index contributed by atoms with van der Waals surface area (Å²) in [7, 11) is 1.77. The van der Waals surface area contributed by atoms with Gasteiger partial charge in [0.05, 0.1) is 13.2 Å². The smallest absolute Gasteiger partial charge is 0.191 e. The van der Waals surface area contributed by atoms with Crippen molar-refractivity contribution in [3.8, 4) is 17.3 Å². The molecule has 0 atom stereocenters. The highest BCUT2D eigenvalue weighted by molar-refractivity contribution is 5.79. The Kier molecular flexibility index (Phi) is 8.28. The number of hydrogen-bond donors (Lipinski definition) is 2. The van der Waals surface area contributed by atoms with Gasteiger partial charge in [-0.2, -0.15) is 5.10 Å². The first-order chi connectivity index (χ1) is 15.2. The maximum absolute atomic E-state index is 5.71. The second-order valence-corrected chi connectivity index (χ2v) is 6.72. The molecule has 31 heavy (non-hydrogen) atoms. The van der Waals surface area contributed by atoms with Crippen LogP contribution in [-0.4, -0.2) is 47.5 Å². The van der Waals surface area contributed by atoms with Crippen molar-refractivity contribution < 1.29 is 9.47 Å². The van der Waals surface area contributed by atoms with E-state index in [0.717, 1.165) is 41.8 Å². The molecular formula is C23H30N6O2. The fourth-order valence-electron chi connectivity index (χ4n) is 3.08. The highest BCUT2D eigenvalue weighted by Gasteiger charge is 2.07. The average Bonchev–Trinajstić information content (AvgIpc) is 3.33. The zero-order valence-electron chi connectivity index (χ0n) is 18.3. The van der Waals surface area contributed by atoms with E-state index in [0.29, 0.717) is 19.8 Å². The van der Waals surface area contributed by atoms with Gasteiger partial charge in [0.15, 0.2) is 23.3 Å². The molecule has 3 rings (SSSR count). The van der Waals surface area contributed by atoms with Gasteiger partial charge in [-0.15, -0.1) is 0 Å². The van der Waals surface area contributed by atoms with Crippen molar-refractivity contribution in [3.63, 3.8) is 0 Å². The molecule has 3 aromatic rings. The number of benzene rings is 1. The minimum Gasteiger partial charge on any atom is -0.490 e. The Morgan fingerprint density at radius 3 is 2.58 bits per heavy atom. The van der Waals surface area contributed by atoms with Gasteiger partial charge in [0, 0.05) is 38.7 Å². The number of aliphatic imine (C=N–C) groups is 1. The van der Waals surface area contributed by atoms with Gasteiger partial charge in [-0.3, -0.25) is 4.99 Å². The van der Waals surface area contributed by atoms with E-state index in [4.69, 9.17) is 9.47 Å². The van der Waals surface area contributed by atoms with Gasteiger partial charge >= 0.3 is 0 Å². The number of ether oxygens (including phenoxy) is 2. The van der Waals surface area contributed by atoms with Crippen LogP contribution < -0.4 is 20.1 Å². The molecule has 2 N–H and O–H groups in total. The van der Waals surface area contributed by atoms with Crippen LogP contribution in [0.1, 0.15) is 25.0 Å². The Hall–Kier alpha value is -3.55. The second kappa shape index (κ2) is 11.6. The van der Waals surface area contributed by atoms with Crippen LogP contribution in [0.2, 0.25) is 0 Å². The van der Waals surface area contributed by atoms with E-state index in [1.165, 1.54) is 5.56 Å². The molecule has 2 aromatic heterocycles. The molecule has 0 fully saturated rings. The topological polar surface area (TPSA) is 85.6 Å². The second-order valence-electron chi connectivity index (χ2n) is 6.72. The summed E-state index contributed by atoms with van der Waals surface area (Å²) in [4.78, 5) is 8.67. The Morgan fingerprint density at radius 1 is 1.00 bits per heavy atom. The molecule has 1 aromatic carbocycles. The molecule has 0 amide bonds. The van der Waals surface area contributed by atoms with Crippen LogP contribution in [0.15, 0.2) is 60.0 Å². The van der Waals surface area contributed by atoms with E-state index >= 15 is 0 Å². The number of rotatable bonds is 10. The molecule has 0 spiro atoms. The van der Waals surface area contributed by atoms with Crippen molar-refractivity contribution in [3.05, 3.63) is 66.1 Å². The Bertz CT molecular complexity index is 972. The van der Waals surface area contributed by atoms with Crippen molar-refractivity contribution in [2.75, 3.05) is 26.8 Å². The maximum atomic E-state index is 5.71. The quantitative estimate of drug-likeness (QED) is 0.386. The third kappa shape index (κ3) is 6.47. The lowest BCUT2D eigenvalue weighted by Crippen LogP contribution is -2.37. The highest BCUT2D eigenvalue weighted by atomic mass is 16.5. The first-order valence-electron chi connectivity index (χ1n) is 10.5. The Balaban J connectivity index is 1.51. The van der Waals surface area contributed by atoms with E-state index in [-0.39, 0.29) is 0 Å². The molecule has 0 aliphatic heterocycles. The predicted molar refractivity (Wildman–Crippen MR) is 122 cm³/mol. The van der Waals surface area contributed by atoms with Gasteiger partial charge in [-0.25, -0.2) is 9.67 Å². The summed E-state index contributed by atoms with van der Waals surface area (Å²) in [5, 5.41) is 10.9. The van der Waals surface area contributed by atoms with Gasteiger partial charge in [0.25, 0.3) is 0 Å². The molecule has 0 saturated carbocycles. The third-order valence-corrected chi connectivity index (χ3v) is 4.55. The number of aromatic nitrogens is 3. The van der Waals surface area contributed by atoms with E-state index < -0.39 is 0 Å². The summed E-state index contributed by atoms with van der Waals surface area (Å²) in [6.45, 7) is 6.54. The molecule has 0 aliphatic carbocycles. The molecule has 0 unspecified atom stereocenters. The summed E-state index contributed by atoms with van der Waals surface area (Å²) < 4.78 is 13.1. The van der Waals surface area contributed by atoms with Crippen LogP contribution in [-0.2, 0) is 13.0 Å². The fraction of sp³-hybridized carbons (Fsp3) is 0.348. The maximum Gasteiger partial charge on any atom is 0.191 e. The number of nitrogens with one attached hydrogen (secondary N) is 2. The Morgan fingerprint density at radius 2 is 1.84 bits per heavy atom. The molecule has 0 saturated heterocycles. The molecule has 164 valence electrons. The minimum absolute atomic E-state index is 0.607. The van der Waals surface area contributed by atoms with Crippen LogP contribution in [0, 0.1) is 0 Å². The largest absolute Gasteiger partial charge is 0.490 e. The van der Waals surface area contributed by atoms with Crippen LogP contribution in [0.4, 0.5) is 0 Å². The zero-order chi connectivity index (χ0) is 21.9. The number of nitrogens with zero attached hydrogens (tertiary/aromatic N) is 4. The van der Waals surface area contributed by atoms with Gasteiger partial charge in [-0.1, -0.05) is 6.07 Å². The number of guanidine groups is 1. The van der Waals surface area contributed by atoms with E-state index in [1.54, 1.807) is 24.1 Å². The van der Waals surface area contributed by atoms with E-state index in [1.807, 2.05) is 50.4 Å². The number of hydrogen-bond acceptors (Lipinski definition) is 5. The SMILES string of the molecule is CCOc1ccc(CCNC(=NC)NCc2ccnc(-n3cccn3)c2)cc1OCC. The van der Waals surface area contributed by atoms with Crippen LogP contribution in [0.25, 0.3) is 5.82 Å². The predicted octanol–water partition coefficient (Wildman–Crippen LogP) is 2.97. The lowest BCUT2D eigenvalue weighted by atomic mass is 10.1. The monoisotopic (exact) mass is 422 g/mol. The van der Waals surface area contributed by atoms with Crippen molar-refractivity contribution >= 4 is 5.96 Å². The molecule has 8 heteroatoms. The molecule has 2 heterocycles. The lowest BCUT2D eigenvalue weighted by Gasteiger charge is -2.14. The third-order valence-electron chi connectivity index (χ3n) is 4.55. The number of pyridine rings is 1. The van der Waals surface area contributed by atoms with Crippen molar-refractivity contribution in [2.24, 2.45) is 4.99 Å². The Labute approximate surface area is 183 Å². The first-order valence-corrected chi connectivity index (χ1v) is 10.5. The van der Waals surface area contributed by atoms with Crippen molar-refractivity contribution in [1.82, 2.24) is 25.4 Å². The average molecular weight is 423 g/mol. The minimum atomic E-state index is 0.607. The lowest BCUT2D eigenvalue weighted by molar-refractivity contribution is 0.287. The van der Waals surface area contributed by atoms with Crippen LogP contribution in [0.3, 0.4) is 0 Å². The fourth-order valence-corrected chi connectivity index (χ4v) is 3.08. The molecule has 0 bridgehead atoms. The van der Waals surface area contributed by atoms with E-state index in [2.05, 4.69) is 31.8 Å². The van der Waals surface area contributed by atoms with E-state index in [9.17, 15) is 0 Å². The summed E-state index contributed by atoms with van der Waals surface area (Å²) in [5.74, 6) is 3.10. The molecular weight excluding hydrogens is 392 g/mol. The van der Waals surface area contributed by atoms with Crippen molar-refractivity contribution in [1.29, 1.82) is 0 Å². The zero-order valence-corrected chi connectivity index (χ0v) is 18.3. The standard InChI is InChI=1S/C23H30N6O2/c1-4-30-20-8-7-18(15-21(20)31-5-2)9-13-26-23(24-3)27-17-19-10-12-25-22(16-19)29-14-6-11-28-29/h6-8,10-12,14-16H,4-5,9,13,17H2,1-3H3,(H2,24,26,27). The highest BCUT2D eigenvalue weighted by Crippen LogP contribution is 2.28. The van der Waals surface area contributed by atoms with Crippen molar-refractivity contribution in [2.45, 2.75) is 26.8 Å². The summed E-state index contributed by atoms with van der Waals surface area (Å²) in [6.07, 6.45) is 6.23. The molecule has 0 aliphatic rings. The van der Waals surface area contributed by atoms with Gasteiger partial charge in [0.2, 0.25) is 0 Å². The normalized spacial score (nSPS) is 11.3. The van der Waals surface area contributed by atoms with Gasteiger partial charge in [0.1, 0.15) is 0 Å². The van der Waals surface area contributed by atoms with Gasteiger partial charge in [-0.05, 0) is 61.7 Å².